The van der Waals surface area contributed by atoms with Crippen LogP contribution in [-0.2, 0) is 0 Å². The van der Waals surface area contributed by atoms with Crippen molar-refractivity contribution in [3.63, 3.8) is 0 Å². The maximum absolute atomic E-state index is 9.55. The van der Waals surface area contributed by atoms with E-state index in [1.165, 1.54) is 12.0 Å². The summed E-state index contributed by atoms with van der Waals surface area (Å²) in [7, 11) is 0. The third-order valence-corrected chi connectivity index (χ3v) is 3.45. The van der Waals surface area contributed by atoms with E-state index in [1.807, 2.05) is 12.1 Å². The molecule has 0 saturated carbocycles. The van der Waals surface area contributed by atoms with Crippen LogP contribution in [0.15, 0.2) is 35.9 Å². The SMILES string of the molecule is CC1(C)CCC=C(C=Cc2ccc(N)c(O)c2)C1. The first-order valence-corrected chi connectivity index (χ1v) is 6.42. The van der Waals surface area contributed by atoms with E-state index in [4.69, 9.17) is 5.73 Å². The largest absolute Gasteiger partial charge is 0.506 e. The van der Waals surface area contributed by atoms with Gasteiger partial charge in [-0.3, -0.25) is 0 Å². The van der Waals surface area contributed by atoms with E-state index >= 15 is 0 Å². The fraction of sp³-hybridized carbons (Fsp3) is 0.375. The molecule has 0 aromatic heterocycles. The highest BCUT2D eigenvalue weighted by molar-refractivity contribution is 5.61. The summed E-state index contributed by atoms with van der Waals surface area (Å²) >= 11 is 0. The lowest BCUT2D eigenvalue weighted by Gasteiger charge is -2.28. The van der Waals surface area contributed by atoms with Gasteiger partial charge in [-0.15, -0.1) is 0 Å². The number of nitrogens with two attached hydrogens (primary N) is 1. The molecular formula is C16H21NO. The first-order valence-electron chi connectivity index (χ1n) is 6.42. The number of phenolic OH excluding ortho intramolecular Hbond substituents is 1. The van der Waals surface area contributed by atoms with Crippen LogP contribution in [0.25, 0.3) is 6.08 Å². The number of anilines is 1. The molecular weight excluding hydrogens is 222 g/mol. The number of hydrogen-bond donors (Lipinski definition) is 2. The molecule has 1 aliphatic carbocycles. The Morgan fingerprint density at radius 2 is 2.06 bits per heavy atom. The summed E-state index contributed by atoms with van der Waals surface area (Å²) in [5.41, 5.74) is 8.75. The minimum atomic E-state index is 0.148. The van der Waals surface area contributed by atoms with Crippen LogP contribution < -0.4 is 5.73 Å². The van der Waals surface area contributed by atoms with Gasteiger partial charge >= 0.3 is 0 Å². The van der Waals surface area contributed by atoms with Gasteiger partial charge in [0.15, 0.2) is 0 Å². The van der Waals surface area contributed by atoms with E-state index in [0.29, 0.717) is 11.1 Å². The van der Waals surface area contributed by atoms with Gasteiger partial charge < -0.3 is 10.8 Å². The van der Waals surface area contributed by atoms with Crippen molar-refractivity contribution >= 4 is 11.8 Å². The summed E-state index contributed by atoms with van der Waals surface area (Å²) in [6.07, 6.45) is 10.0. The fourth-order valence-corrected chi connectivity index (χ4v) is 2.36. The normalized spacial score (nSPS) is 18.9. The highest BCUT2D eigenvalue weighted by Crippen LogP contribution is 2.35. The van der Waals surface area contributed by atoms with Crippen molar-refractivity contribution in [3.8, 4) is 5.75 Å². The van der Waals surface area contributed by atoms with Crippen LogP contribution in [0.5, 0.6) is 5.75 Å². The van der Waals surface area contributed by atoms with E-state index in [-0.39, 0.29) is 5.75 Å². The second kappa shape index (κ2) is 4.89. The molecule has 2 heteroatoms. The topological polar surface area (TPSA) is 46.2 Å². The Labute approximate surface area is 109 Å². The van der Waals surface area contributed by atoms with Crippen molar-refractivity contribution in [1.82, 2.24) is 0 Å². The van der Waals surface area contributed by atoms with Crippen molar-refractivity contribution in [2.75, 3.05) is 5.73 Å². The molecule has 18 heavy (non-hydrogen) atoms. The summed E-state index contributed by atoms with van der Waals surface area (Å²) in [6, 6.07) is 5.34. The molecule has 1 aliphatic rings. The van der Waals surface area contributed by atoms with Gasteiger partial charge in [-0.25, -0.2) is 0 Å². The number of aromatic hydroxyl groups is 1. The Bertz CT molecular complexity index is 498. The number of allylic oxidation sites excluding steroid dienone is 3. The summed E-state index contributed by atoms with van der Waals surface area (Å²) in [5, 5.41) is 9.55. The Morgan fingerprint density at radius 1 is 1.28 bits per heavy atom. The molecule has 0 bridgehead atoms. The predicted molar refractivity (Wildman–Crippen MR) is 77.3 cm³/mol. The van der Waals surface area contributed by atoms with E-state index in [2.05, 4.69) is 26.0 Å². The third kappa shape index (κ3) is 3.16. The average molecular weight is 243 g/mol. The quantitative estimate of drug-likeness (QED) is 0.606. The van der Waals surface area contributed by atoms with Crippen LogP contribution in [0.4, 0.5) is 5.69 Å². The van der Waals surface area contributed by atoms with Gasteiger partial charge in [0.2, 0.25) is 0 Å². The van der Waals surface area contributed by atoms with Gasteiger partial charge in [0.1, 0.15) is 5.75 Å². The number of rotatable bonds is 2. The molecule has 1 aromatic rings. The number of benzene rings is 1. The van der Waals surface area contributed by atoms with Crippen molar-refractivity contribution in [1.29, 1.82) is 0 Å². The minimum absolute atomic E-state index is 0.148. The molecule has 1 aromatic carbocycles. The molecule has 0 atom stereocenters. The van der Waals surface area contributed by atoms with Crippen LogP contribution in [0.1, 0.15) is 38.7 Å². The molecule has 3 N–H and O–H groups in total. The number of hydrogen-bond acceptors (Lipinski definition) is 2. The van der Waals surface area contributed by atoms with Crippen molar-refractivity contribution in [3.05, 3.63) is 41.5 Å². The lowest BCUT2D eigenvalue weighted by atomic mass is 9.77. The van der Waals surface area contributed by atoms with Crippen LogP contribution in [0.2, 0.25) is 0 Å². The fourth-order valence-electron chi connectivity index (χ4n) is 2.36. The molecule has 0 radical (unpaired) electrons. The van der Waals surface area contributed by atoms with Crippen molar-refractivity contribution in [2.45, 2.75) is 33.1 Å². The summed E-state index contributed by atoms with van der Waals surface area (Å²) in [5.74, 6) is 0.148. The van der Waals surface area contributed by atoms with Crippen LogP contribution in [0, 0.1) is 5.41 Å². The maximum Gasteiger partial charge on any atom is 0.139 e. The van der Waals surface area contributed by atoms with Gasteiger partial charge in [-0.1, -0.05) is 43.7 Å². The molecule has 0 spiro atoms. The highest BCUT2D eigenvalue weighted by atomic mass is 16.3. The molecule has 0 saturated heterocycles. The Hall–Kier alpha value is -1.70. The zero-order valence-electron chi connectivity index (χ0n) is 11.1. The van der Waals surface area contributed by atoms with Crippen molar-refractivity contribution < 1.29 is 5.11 Å². The molecule has 0 amide bonds. The second-order valence-corrected chi connectivity index (χ2v) is 5.81. The van der Waals surface area contributed by atoms with E-state index < -0.39 is 0 Å². The summed E-state index contributed by atoms with van der Waals surface area (Å²) in [6.45, 7) is 4.62. The molecule has 0 fully saturated rings. The van der Waals surface area contributed by atoms with Crippen LogP contribution >= 0.6 is 0 Å². The van der Waals surface area contributed by atoms with Gasteiger partial charge in [-0.2, -0.15) is 0 Å². The lowest BCUT2D eigenvalue weighted by molar-refractivity contribution is 0.324. The molecule has 0 unspecified atom stereocenters. The minimum Gasteiger partial charge on any atom is -0.506 e. The number of nitrogen functional groups attached to an aromatic ring is 1. The van der Waals surface area contributed by atoms with Gasteiger partial charge in [0, 0.05) is 0 Å². The van der Waals surface area contributed by atoms with Gasteiger partial charge in [-0.05, 0) is 42.4 Å². The van der Waals surface area contributed by atoms with E-state index in [0.717, 1.165) is 18.4 Å². The Kier molecular flexibility index (Phi) is 3.46. The Morgan fingerprint density at radius 3 is 2.72 bits per heavy atom. The molecule has 0 aliphatic heterocycles. The van der Waals surface area contributed by atoms with Crippen LogP contribution in [0.3, 0.4) is 0 Å². The van der Waals surface area contributed by atoms with E-state index in [1.54, 1.807) is 12.1 Å². The molecule has 96 valence electrons. The molecule has 2 rings (SSSR count). The number of phenols is 1. The summed E-state index contributed by atoms with van der Waals surface area (Å²) in [4.78, 5) is 0. The van der Waals surface area contributed by atoms with Crippen molar-refractivity contribution in [2.24, 2.45) is 5.41 Å². The zero-order chi connectivity index (χ0) is 13.2. The predicted octanol–water partition coefficient (Wildman–Crippen LogP) is 4.12. The monoisotopic (exact) mass is 243 g/mol. The second-order valence-electron chi connectivity index (χ2n) is 5.81. The zero-order valence-corrected chi connectivity index (χ0v) is 11.1. The Balaban J connectivity index is 2.11. The third-order valence-electron chi connectivity index (χ3n) is 3.45. The smallest absolute Gasteiger partial charge is 0.139 e. The van der Waals surface area contributed by atoms with E-state index in [9.17, 15) is 5.11 Å². The van der Waals surface area contributed by atoms with Crippen LogP contribution in [-0.4, -0.2) is 5.11 Å². The standard InChI is InChI=1S/C16H21NO/c1-16(2)9-3-4-13(11-16)6-5-12-7-8-14(17)15(18)10-12/h4-8,10,18H,3,9,11,17H2,1-2H3. The first kappa shape index (κ1) is 12.7. The lowest BCUT2D eigenvalue weighted by Crippen LogP contribution is -2.14. The first-order chi connectivity index (χ1) is 8.46. The summed E-state index contributed by atoms with van der Waals surface area (Å²) < 4.78 is 0. The average Bonchev–Trinajstić information content (AvgIpc) is 2.29. The molecule has 2 nitrogen and oxygen atoms in total. The maximum atomic E-state index is 9.55. The highest BCUT2D eigenvalue weighted by Gasteiger charge is 2.21. The molecule has 0 heterocycles. The van der Waals surface area contributed by atoms with Gasteiger partial charge in [0.05, 0.1) is 5.69 Å². The van der Waals surface area contributed by atoms with Gasteiger partial charge in [0.25, 0.3) is 0 Å².